The monoisotopic (exact) mass is 493 g/mol. The van der Waals surface area contributed by atoms with Gasteiger partial charge in [0.2, 0.25) is 0 Å². The van der Waals surface area contributed by atoms with Gasteiger partial charge in [-0.1, -0.05) is 43.0 Å². The highest BCUT2D eigenvalue weighted by molar-refractivity contribution is 6.08. The van der Waals surface area contributed by atoms with E-state index in [2.05, 4.69) is 21.9 Å². The number of para-hydroxylation sites is 1. The number of aliphatic hydroxyl groups excluding tert-OH is 1. The van der Waals surface area contributed by atoms with E-state index >= 15 is 0 Å². The Morgan fingerprint density at radius 3 is 2.43 bits per heavy atom. The second-order valence-electron chi connectivity index (χ2n) is 8.42. The average Bonchev–Trinajstić information content (AvgIpc) is 3.23. The van der Waals surface area contributed by atoms with Crippen LogP contribution < -0.4 is 20.5 Å². The summed E-state index contributed by atoms with van der Waals surface area (Å²) in [6.07, 6.45) is 2.06. The lowest BCUT2D eigenvalue weighted by atomic mass is 9.98. The zero-order chi connectivity index (χ0) is 25.9. The Morgan fingerprint density at radius 2 is 1.73 bits per heavy atom. The predicted octanol–water partition coefficient (Wildman–Crippen LogP) is 5.60. The van der Waals surface area contributed by atoms with Gasteiger partial charge in [0.15, 0.2) is 11.5 Å². The number of benzene rings is 3. The molecule has 1 unspecified atom stereocenters. The molecule has 8 heteroatoms. The van der Waals surface area contributed by atoms with Gasteiger partial charge in [0.1, 0.15) is 29.8 Å². The van der Waals surface area contributed by atoms with E-state index in [9.17, 15) is 5.11 Å². The molecule has 0 spiro atoms. The minimum absolute atomic E-state index is 0.387. The lowest BCUT2D eigenvalue weighted by Crippen LogP contribution is -2.14. The number of aryl methyl sites for hydroxylation is 1. The number of nitrogens with one attached hydrogen (secondary N) is 1. The number of aromatic nitrogens is 3. The third-order valence-corrected chi connectivity index (χ3v) is 6.12. The summed E-state index contributed by atoms with van der Waals surface area (Å²) in [6, 6.07) is 23.1. The molecule has 0 radical (unpaired) electrons. The first kappa shape index (κ1) is 23.9. The topological polar surface area (TPSA) is 107 Å². The van der Waals surface area contributed by atoms with E-state index in [4.69, 9.17) is 15.2 Å². The number of nitrogens with zero attached hydrogens (tertiary/aromatic N) is 3. The third-order valence-electron chi connectivity index (χ3n) is 6.12. The number of hydrogen-bond acceptors (Lipinski definition) is 7. The molecule has 8 nitrogen and oxygen atoms in total. The first-order valence-corrected chi connectivity index (χ1v) is 11.7. The minimum atomic E-state index is -0.835. The van der Waals surface area contributed by atoms with Crippen molar-refractivity contribution < 1.29 is 14.6 Å². The summed E-state index contributed by atoms with van der Waals surface area (Å²) in [5.41, 5.74) is 11.5. The molecule has 4 N–H and O–H groups in total. The van der Waals surface area contributed by atoms with Crippen LogP contribution in [0, 0.1) is 0 Å². The molecule has 0 bridgehead atoms. The van der Waals surface area contributed by atoms with Gasteiger partial charge in [-0.3, -0.25) is 0 Å². The number of ether oxygens (including phenoxy) is 2. The number of fused-ring (bicyclic) bond motifs is 1. The Bertz CT molecular complexity index is 1560. The van der Waals surface area contributed by atoms with Gasteiger partial charge in [-0.05, 0) is 53.6 Å². The van der Waals surface area contributed by atoms with Crippen molar-refractivity contribution in [2.24, 2.45) is 7.05 Å². The van der Waals surface area contributed by atoms with E-state index in [1.165, 1.54) is 12.4 Å². The van der Waals surface area contributed by atoms with Gasteiger partial charge in [-0.15, -0.1) is 0 Å². The first-order chi connectivity index (χ1) is 18.0. The molecule has 2 heterocycles. The van der Waals surface area contributed by atoms with Gasteiger partial charge in [-0.25, -0.2) is 9.97 Å². The molecular weight excluding hydrogens is 466 g/mol. The van der Waals surface area contributed by atoms with Crippen molar-refractivity contribution in [1.82, 2.24) is 14.5 Å². The average molecular weight is 494 g/mol. The van der Waals surface area contributed by atoms with Crippen LogP contribution in [0.25, 0.3) is 33.4 Å². The number of rotatable bonds is 8. The highest BCUT2D eigenvalue weighted by Gasteiger charge is 2.23. The molecule has 5 aromatic rings. The molecule has 0 aliphatic heterocycles. The summed E-state index contributed by atoms with van der Waals surface area (Å²) in [7, 11) is 3.56. The number of aliphatic hydroxyl groups is 1. The smallest absolute Gasteiger partial charge is 0.169 e. The maximum atomic E-state index is 9.84. The molecule has 0 aliphatic carbocycles. The molecule has 0 saturated heterocycles. The number of nitrogen functional groups attached to an aromatic ring is 1. The van der Waals surface area contributed by atoms with E-state index in [-0.39, 0.29) is 0 Å². The first-order valence-electron chi connectivity index (χ1n) is 11.7. The van der Waals surface area contributed by atoms with Crippen molar-refractivity contribution in [2.75, 3.05) is 18.2 Å². The fourth-order valence-corrected chi connectivity index (χ4v) is 4.37. The van der Waals surface area contributed by atoms with Crippen LogP contribution in [-0.4, -0.2) is 33.0 Å². The van der Waals surface area contributed by atoms with E-state index in [0.29, 0.717) is 28.7 Å². The lowest BCUT2D eigenvalue weighted by Gasteiger charge is -2.14. The summed E-state index contributed by atoms with van der Waals surface area (Å²) >= 11 is 0. The van der Waals surface area contributed by atoms with Crippen LogP contribution in [0.1, 0.15) is 0 Å². The third kappa shape index (κ3) is 4.57. The van der Waals surface area contributed by atoms with Gasteiger partial charge in [0, 0.05) is 18.3 Å². The maximum Gasteiger partial charge on any atom is 0.169 e. The van der Waals surface area contributed by atoms with E-state index in [1.807, 2.05) is 84.4 Å². The molecule has 0 saturated carbocycles. The highest BCUT2D eigenvalue weighted by Crippen LogP contribution is 2.44. The van der Waals surface area contributed by atoms with Gasteiger partial charge in [-0.2, -0.15) is 0 Å². The van der Waals surface area contributed by atoms with Crippen molar-refractivity contribution >= 4 is 22.5 Å². The van der Waals surface area contributed by atoms with Gasteiger partial charge in [0.05, 0.1) is 18.2 Å². The number of anilines is 2. The fourth-order valence-electron chi connectivity index (χ4n) is 4.37. The Morgan fingerprint density at radius 1 is 1.00 bits per heavy atom. The van der Waals surface area contributed by atoms with Gasteiger partial charge in [0.25, 0.3) is 0 Å². The van der Waals surface area contributed by atoms with Crippen molar-refractivity contribution in [3.05, 3.63) is 91.8 Å². The molecule has 37 heavy (non-hydrogen) atoms. The van der Waals surface area contributed by atoms with Crippen LogP contribution in [0.5, 0.6) is 17.2 Å². The van der Waals surface area contributed by atoms with E-state index in [1.54, 1.807) is 7.11 Å². The van der Waals surface area contributed by atoms with Crippen molar-refractivity contribution in [2.45, 2.75) is 6.23 Å². The van der Waals surface area contributed by atoms with Crippen LogP contribution in [0.2, 0.25) is 0 Å². The largest absolute Gasteiger partial charge is 0.493 e. The summed E-state index contributed by atoms with van der Waals surface area (Å²) in [5.74, 6) is 2.28. The molecule has 0 aliphatic rings. The number of nitrogens with two attached hydrogens (primary N) is 1. The predicted molar refractivity (Wildman–Crippen MR) is 147 cm³/mol. The number of hydrogen-bond donors (Lipinski definition) is 3. The molecular formula is C29H27N5O3. The molecule has 1 atom stereocenters. The van der Waals surface area contributed by atoms with Crippen molar-refractivity contribution in [3.8, 4) is 39.6 Å². The molecule has 0 fully saturated rings. The summed E-state index contributed by atoms with van der Waals surface area (Å²) < 4.78 is 13.8. The lowest BCUT2D eigenvalue weighted by molar-refractivity contribution is 0.253. The normalized spacial score (nSPS) is 11.8. The molecule has 2 aromatic heterocycles. The quantitative estimate of drug-likeness (QED) is 0.191. The Hall–Kier alpha value is -4.82. The Balaban J connectivity index is 1.65. The molecule has 3 aromatic carbocycles. The fraction of sp³-hybridized carbons (Fsp3) is 0.103. The second kappa shape index (κ2) is 10.0. The van der Waals surface area contributed by atoms with Gasteiger partial charge < -0.3 is 30.2 Å². The molecule has 5 rings (SSSR count). The molecule has 186 valence electrons. The highest BCUT2D eigenvalue weighted by atomic mass is 16.5. The summed E-state index contributed by atoms with van der Waals surface area (Å²) in [4.78, 5) is 8.78. The van der Waals surface area contributed by atoms with Crippen molar-refractivity contribution in [1.29, 1.82) is 0 Å². The van der Waals surface area contributed by atoms with Crippen molar-refractivity contribution in [3.63, 3.8) is 0 Å². The molecule has 0 amide bonds. The summed E-state index contributed by atoms with van der Waals surface area (Å²) in [5, 5.41) is 13.6. The zero-order valence-electron chi connectivity index (χ0n) is 20.6. The standard InChI is InChI=1S/C29H27N5O3/c1-4-24(35)33-20-13-10-18(11-14-20)27-25(26-28(30)31-17-32-29(26)34(27)2)19-12-15-22(23(16-19)36-3)37-21-8-6-5-7-9-21/h4-17,24,33,35H,1H2,2-3H3,(H2,30,31,32). The Labute approximate surface area is 214 Å². The Kier molecular flexibility index (Phi) is 6.49. The van der Waals surface area contributed by atoms with E-state index < -0.39 is 6.23 Å². The SMILES string of the molecule is C=CC(O)Nc1ccc(-c2c(-c3ccc(Oc4ccccc4)c(OC)c3)c3c(N)ncnc3n2C)cc1. The van der Waals surface area contributed by atoms with Crippen LogP contribution in [0.15, 0.2) is 91.8 Å². The van der Waals surface area contributed by atoms with Crippen LogP contribution in [-0.2, 0) is 7.05 Å². The minimum Gasteiger partial charge on any atom is -0.493 e. The summed E-state index contributed by atoms with van der Waals surface area (Å²) in [6.45, 7) is 3.60. The maximum absolute atomic E-state index is 9.84. The van der Waals surface area contributed by atoms with Crippen LogP contribution >= 0.6 is 0 Å². The van der Waals surface area contributed by atoms with Crippen LogP contribution in [0.4, 0.5) is 11.5 Å². The number of methoxy groups -OCH3 is 1. The zero-order valence-corrected chi connectivity index (χ0v) is 20.6. The van der Waals surface area contributed by atoms with Crippen LogP contribution in [0.3, 0.4) is 0 Å². The van der Waals surface area contributed by atoms with Gasteiger partial charge >= 0.3 is 0 Å². The second-order valence-corrected chi connectivity index (χ2v) is 8.42. The van der Waals surface area contributed by atoms with E-state index in [0.717, 1.165) is 33.5 Å².